The molecule has 7 rings (SSSR count). The topological polar surface area (TPSA) is 93.1 Å². The number of rotatable bonds is 6. The summed E-state index contributed by atoms with van der Waals surface area (Å²) >= 11 is 0. The molecule has 34 heavy (non-hydrogen) atoms. The summed E-state index contributed by atoms with van der Waals surface area (Å²) in [6.07, 6.45) is 11.0. The maximum Gasteiger partial charge on any atom is 0.262 e. The van der Waals surface area contributed by atoms with Gasteiger partial charge in [0.05, 0.1) is 10.9 Å². The standard InChI is InChI=1S/C27H34N4O3/c1-16-29-22-5-4-17(12-21(22)26(34)31(16)23-6-7-24(32)30-25(23)33)3-2-8-28-27-13-18-9-19(14-27)11-20(10-18)15-27/h4-5,12,18-20,23,28H,2-3,6-11,13-15H2,1H3,(H,30,32,33). The van der Waals surface area contributed by atoms with Gasteiger partial charge in [-0.2, -0.15) is 0 Å². The Morgan fingerprint density at radius 3 is 2.47 bits per heavy atom. The molecule has 1 unspecified atom stereocenters. The molecule has 4 bridgehead atoms. The molecular formula is C27H34N4O3. The van der Waals surface area contributed by atoms with Crippen LogP contribution >= 0.6 is 0 Å². The second kappa shape index (κ2) is 8.29. The molecule has 2 N–H and O–H groups in total. The summed E-state index contributed by atoms with van der Waals surface area (Å²) in [6, 6.07) is 5.24. The molecule has 2 aromatic rings. The average Bonchev–Trinajstić information content (AvgIpc) is 2.77. The van der Waals surface area contributed by atoms with E-state index in [9.17, 15) is 14.4 Å². The van der Waals surface area contributed by atoms with Gasteiger partial charge in [0.2, 0.25) is 11.8 Å². The van der Waals surface area contributed by atoms with E-state index in [0.717, 1.165) is 42.7 Å². The van der Waals surface area contributed by atoms with Crippen molar-refractivity contribution in [3.63, 3.8) is 0 Å². The predicted octanol–water partition coefficient (Wildman–Crippen LogP) is 3.17. The van der Waals surface area contributed by atoms with Gasteiger partial charge < -0.3 is 5.32 Å². The van der Waals surface area contributed by atoms with Crippen LogP contribution in [0.15, 0.2) is 23.0 Å². The van der Waals surface area contributed by atoms with Crippen molar-refractivity contribution in [2.75, 3.05) is 6.54 Å². The van der Waals surface area contributed by atoms with Crippen LogP contribution in [0.5, 0.6) is 0 Å². The SMILES string of the molecule is Cc1nc2ccc(CCCNC34CC5CC(CC(C5)C3)C4)cc2c(=O)n1C1CCC(=O)NC1=O. The van der Waals surface area contributed by atoms with Gasteiger partial charge in [0.25, 0.3) is 5.56 Å². The van der Waals surface area contributed by atoms with Gasteiger partial charge in [-0.25, -0.2) is 4.98 Å². The number of carbonyl (C=O) groups is 2. The third-order valence-corrected chi connectivity index (χ3v) is 8.84. The van der Waals surface area contributed by atoms with Crippen molar-refractivity contribution >= 4 is 22.7 Å². The van der Waals surface area contributed by atoms with E-state index in [1.54, 1.807) is 6.92 Å². The van der Waals surface area contributed by atoms with Crippen LogP contribution in [-0.2, 0) is 16.0 Å². The predicted molar refractivity (Wildman–Crippen MR) is 129 cm³/mol. The molecule has 1 aromatic heterocycles. The number of hydrogen-bond donors (Lipinski definition) is 2. The molecule has 0 spiro atoms. The van der Waals surface area contributed by atoms with Crippen LogP contribution in [0.1, 0.15) is 75.2 Å². The number of nitrogens with one attached hydrogen (secondary N) is 2. The van der Waals surface area contributed by atoms with Crippen LogP contribution in [0.3, 0.4) is 0 Å². The first-order valence-corrected chi connectivity index (χ1v) is 13.0. The Hall–Kier alpha value is -2.54. The van der Waals surface area contributed by atoms with E-state index in [-0.39, 0.29) is 17.9 Å². The molecule has 4 saturated carbocycles. The Morgan fingerprint density at radius 1 is 1.09 bits per heavy atom. The molecule has 7 heteroatoms. The van der Waals surface area contributed by atoms with Crippen LogP contribution < -0.4 is 16.2 Å². The first-order valence-electron chi connectivity index (χ1n) is 13.0. The van der Waals surface area contributed by atoms with Gasteiger partial charge in [-0.3, -0.25) is 24.3 Å². The zero-order valence-electron chi connectivity index (χ0n) is 19.9. The number of hydrogen-bond acceptors (Lipinski definition) is 5. The molecule has 5 fully saturated rings. The molecule has 2 amide bonds. The Labute approximate surface area is 199 Å². The molecule has 1 aliphatic heterocycles. The smallest absolute Gasteiger partial charge is 0.262 e. The maximum atomic E-state index is 13.4. The summed E-state index contributed by atoms with van der Waals surface area (Å²) in [5.74, 6) is 2.63. The second-order valence-electron chi connectivity index (χ2n) is 11.4. The normalized spacial score (nSPS) is 32.4. The fourth-order valence-electron chi connectivity index (χ4n) is 7.78. The van der Waals surface area contributed by atoms with Crippen molar-refractivity contribution in [3.8, 4) is 0 Å². The number of carbonyl (C=O) groups excluding carboxylic acids is 2. The summed E-state index contributed by atoms with van der Waals surface area (Å²) < 4.78 is 1.46. The number of benzene rings is 1. The third-order valence-electron chi connectivity index (χ3n) is 8.84. The largest absolute Gasteiger partial charge is 0.311 e. The lowest BCUT2D eigenvalue weighted by atomic mass is 9.53. The quantitative estimate of drug-likeness (QED) is 0.508. The number of piperidine rings is 1. The number of aromatic nitrogens is 2. The molecule has 180 valence electrons. The molecule has 1 saturated heterocycles. The summed E-state index contributed by atoms with van der Waals surface area (Å²) in [6.45, 7) is 2.76. The highest BCUT2D eigenvalue weighted by Crippen LogP contribution is 2.55. The van der Waals surface area contributed by atoms with E-state index in [2.05, 4.69) is 21.7 Å². The van der Waals surface area contributed by atoms with Crippen molar-refractivity contribution in [2.24, 2.45) is 17.8 Å². The van der Waals surface area contributed by atoms with Crippen molar-refractivity contribution in [2.45, 2.75) is 82.7 Å². The van der Waals surface area contributed by atoms with Crippen molar-refractivity contribution < 1.29 is 9.59 Å². The number of fused-ring (bicyclic) bond motifs is 1. The lowest BCUT2D eigenvalue weighted by Crippen LogP contribution is -2.58. The molecule has 2 heterocycles. The van der Waals surface area contributed by atoms with Gasteiger partial charge in [0.15, 0.2) is 0 Å². The summed E-state index contributed by atoms with van der Waals surface area (Å²) in [4.78, 5) is 41.9. The van der Waals surface area contributed by atoms with E-state index in [1.165, 1.54) is 43.1 Å². The van der Waals surface area contributed by atoms with Crippen LogP contribution in [0.4, 0.5) is 0 Å². The fraction of sp³-hybridized carbons (Fsp3) is 0.630. The van der Waals surface area contributed by atoms with Gasteiger partial charge in [0.1, 0.15) is 11.9 Å². The lowest BCUT2D eigenvalue weighted by molar-refractivity contribution is -0.135. The van der Waals surface area contributed by atoms with Gasteiger partial charge in [-0.1, -0.05) is 6.07 Å². The monoisotopic (exact) mass is 462 g/mol. The Balaban J connectivity index is 1.15. The van der Waals surface area contributed by atoms with E-state index >= 15 is 0 Å². The molecule has 5 aliphatic rings. The average molecular weight is 463 g/mol. The first kappa shape index (κ1) is 22.0. The first-order chi connectivity index (χ1) is 16.4. The minimum absolute atomic E-state index is 0.203. The maximum absolute atomic E-state index is 13.4. The molecule has 4 aliphatic carbocycles. The van der Waals surface area contributed by atoms with Gasteiger partial charge in [-0.05, 0) is 107 Å². The highest BCUT2D eigenvalue weighted by molar-refractivity contribution is 5.99. The zero-order chi connectivity index (χ0) is 23.4. The Morgan fingerprint density at radius 2 is 1.79 bits per heavy atom. The van der Waals surface area contributed by atoms with Gasteiger partial charge in [0, 0.05) is 12.0 Å². The zero-order valence-corrected chi connectivity index (χ0v) is 19.9. The summed E-state index contributed by atoms with van der Waals surface area (Å²) in [7, 11) is 0. The van der Waals surface area contributed by atoms with Crippen LogP contribution in [-0.4, -0.2) is 33.4 Å². The van der Waals surface area contributed by atoms with Crippen molar-refractivity contribution in [1.29, 1.82) is 0 Å². The number of amides is 2. The number of aryl methyl sites for hydroxylation is 2. The molecule has 7 nitrogen and oxygen atoms in total. The number of imide groups is 1. The lowest BCUT2D eigenvalue weighted by Gasteiger charge is -2.57. The van der Waals surface area contributed by atoms with Gasteiger partial charge >= 0.3 is 0 Å². The highest BCUT2D eigenvalue weighted by atomic mass is 16.2. The van der Waals surface area contributed by atoms with Crippen LogP contribution in [0.25, 0.3) is 10.9 Å². The van der Waals surface area contributed by atoms with E-state index in [4.69, 9.17) is 0 Å². The van der Waals surface area contributed by atoms with Crippen LogP contribution in [0.2, 0.25) is 0 Å². The van der Waals surface area contributed by atoms with Crippen molar-refractivity contribution in [3.05, 3.63) is 39.9 Å². The van der Waals surface area contributed by atoms with E-state index in [0.29, 0.717) is 28.7 Å². The molecular weight excluding hydrogens is 428 g/mol. The van der Waals surface area contributed by atoms with E-state index < -0.39 is 11.9 Å². The highest BCUT2D eigenvalue weighted by Gasteiger charge is 2.50. The number of nitrogens with zero attached hydrogens (tertiary/aromatic N) is 2. The molecule has 1 aromatic carbocycles. The minimum Gasteiger partial charge on any atom is -0.311 e. The van der Waals surface area contributed by atoms with Crippen LogP contribution in [0, 0.1) is 24.7 Å². The fourth-order valence-corrected chi connectivity index (χ4v) is 7.78. The van der Waals surface area contributed by atoms with Gasteiger partial charge in [-0.15, -0.1) is 0 Å². The minimum atomic E-state index is -0.685. The Bertz CT molecular complexity index is 1180. The molecule has 1 atom stereocenters. The Kier molecular flexibility index (Phi) is 5.36. The van der Waals surface area contributed by atoms with Crippen molar-refractivity contribution in [1.82, 2.24) is 20.2 Å². The molecule has 0 radical (unpaired) electrons. The summed E-state index contributed by atoms with van der Waals surface area (Å²) in [5.41, 5.74) is 1.96. The van der Waals surface area contributed by atoms with E-state index in [1.807, 2.05) is 12.1 Å². The summed E-state index contributed by atoms with van der Waals surface area (Å²) in [5, 5.41) is 6.86. The second-order valence-corrected chi connectivity index (χ2v) is 11.4. The third kappa shape index (κ3) is 3.88.